The Morgan fingerprint density at radius 2 is 1.81 bits per heavy atom. The fraction of sp³-hybridized carbons (Fsp3) is 0.417. The van der Waals surface area contributed by atoms with Crippen molar-refractivity contribution in [3.63, 3.8) is 0 Å². The lowest BCUT2D eigenvalue weighted by Gasteiger charge is -2.35. The maximum absolute atomic E-state index is 12.8. The Morgan fingerprint density at radius 3 is 2.45 bits per heavy atom. The van der Waals surface area contributed by atoms with Gasteiger partial charge in [0.25, 0.3) is 5.91 Å². The first kappa shape index (κ1) is 21.8. The van der Waals surface area contributed by atoms with E-state index in [4.69, 9.17) is 16.3 Å². The van der Waals surface area contributed by atoms with Gasteiger partial charge in [0.15, 0.2) is 0 Å². The Kier molecular flexibility index (Phi) is 6.90. The molecule has 3 atom stereocenters. The van der Waals surface area contributed by atoms with E-state index in [1.165, 1.54) is 0 Å². The highest BCUT2D eigenvalue weighted by molar-refractivity contribution is 6.31. The Hall–Kier alpha value is -2.41. The first-order chi connectivity index (χ1) is 15.0. The maximum Gasteiger partial charge on any atom is 0.251 e. The number of benzene rings is 2. The van der Waals surface area contributed by atoms with Crippen LogP contribution >= 0.6 is 11.6 Å². The summed E-state index contributed by atoms with van der Waals surface area (Å²) in [6.45, 7) is 5.44. The highest BCUT2D eigenvalue weighted by Gasteiger charge is 2.39. The predicted octanol–water partition coefficient (Wildman–Crippen LogP) is 3.74. The minimum Gasteiger partial charge on any atom is -0.379 e. The van der Waals surface area contributed by atoms with Gasteiger partial charge in [-0.1, -0.05) is 36.7 Å². The molecule has 2 aromatic rings. The summed E-state index contributed by atoms with van der Waals surface area (Å²) in [6, 6.07) is 14.7. The first-order valence-corrected chi connectivity index (χ1v) is 11.2. The number of hydrogen-bond acceptors (Lipinski definition) is 4. The van der Waals surface area contributed by atoms with E-state index in [2.05, 4.69) is 22.5 Å². The van der Waals surface area contributed by atoms with Gasteiger partial charge in [-0.15, -0.1) is 0 Å². The molecule has 0 bridgehead atoms. The average Bonchev–Trinajstić information content (AvgIpc) is 3.53. The Labute approximate surface area is 187 Å². The van der Waals surface area contributed by atoms with Gasteiger partial charge >= 0.3 is 0 Å². The largest absolute Gasteiger partial charge is 0.379 e. The number of carbonyl (C=O) groups excluding carboxylic acids is 2. The number of nitrogens with one attached hydrogen (secondary N) is 2. The first-order valence-electron chi connectivity index (χ1n) is 10.8. The normalized spacial score (nSPS) is 21.9. The SMILES string of the molecule is CC1CC1C(=O)Nc1ccc(C(=O)NCC(c2ccccc2Cl)N2CCOCC2)cc1. The van der Waals surface area contributed by atoms with Crippen LogP contribution in [0.15, 0.2) is 48.5 Å². The summed E-state index contributed by atoms with van der Waals surface area (Å²) in [5.74, 6) is 0.476. The van der Waals surface area contributed by atoms with Crippen LogP contribution in [0.1, 0.15) is 35.3 Å². The molecular weight excluding hydrogens is 414 g/mol. The molecule has 1 heterocycles. The van der Waals surface area contributed by atoms with Crippen LogP contribution in [0.4, 0.5) is 5.69 Å². The van der Waals surface area contributed by atoms with E-state index < -0.39 is 0 Å². The summed E-state index contributed by atoms with van der Waals surface area (Å²) in [4.78, 5) is 27.1. The van der Waals surface area contributed by atoms with Crippen LogP contribution < -0.4 is 10.6 Å². The summed E-state index contributed by atoms with van der Waals surface area (Å²) >= 11 is 6.46. The maximum atomic E-state index is 12.8. The topological polar surface area (TPSA) is 70.7 Å². The van der Waals surface area contributed by atoms with E-state index >= 15 is 0 Å². The number of carbonyl (C=O) groups is 2. The zero-order chi connectivity index (χ0) is 21.8. The molecule has 2 aromatic carbocycles. The molecule has 164 valence electrons. The van der Waals surface area contributed by atoms with Crippen LogP contribution in [0.5, 0.6) is 0 Å². The third-order valence-electron chi connectivity index (χ3n) is 6.07. The second-order valence-corrected chi connectivity index (χ2v) is 8.69. The second kappa shape index (κ2) is 9.81. The molecule has 7 heteroatoms. The van der Waals surface area contributed by atoms with Gasteiger partial charge in [-0.2, -0.15) is 0 Å². The smallest absolute Gasteiger partial charge is 0.251 e. The zero-order valence-electron chi connectivity index (χ0n) is 17.6. The number of amides is 2. The molecule has 31 heavy (non-hydrogen) atoms. The molecule has 0 spiro atoms. The second-order valence-electron chi connectivity index (χ2n) is 8.28. The van der Waals surface area contributed by atoms with E-state index in [0.717, 1.165) is 25.1 Å². The molecule has 1 saturated heterocycles. The van der Waals surface area contributed by atoms with Crippen molar-refractivity contribution < 1.29 is 14.3 Å². The Bertz CT molecular complexity index is 928. The van der Waals surface area contributed by atoms with Gasteiger partial charge in [-0.05, 0) is 48.2 Å². The molecule has 2 amide bonds. The molecule has 6 nitrogen and oxygen atoms in total. The number of ether oxygens (including phenoxy) is 1. The summed E-state index contributed by atoms with van der Waals surface area (Å²) in [6.07, 6.45) is 0.946. The fourth-order valence-corrected chi connectivity index (χ4v) is 4.25. The van der Waals surface area contributed by atoms with Crippen molar-refractivity contribution >= 4 is 29.1 Å². The van der Waals surface area contributed by atoms with E-state index in [1.54, 1.807) is 24.3 Å². The number of rotatable bonds is 7. The average molecular weight is 442 g/mol. The van der Waals surface area contributed by atoms with E-state index in [-0.39, 0.29) is 23.8 Å². The van der Waals surface area contributed by atoms with Gasteiger partial charge < -0.3 is 15.4 Å². The third kappa shape index (κ3) is 5.45. The Morgan fingerprint density at radius 1 is 1.13 bits per heavy atom. The zero-order valence-corrected chi connectivity index (χ0v) is 18.4. The number of halogens is 1. The van der Waals surface area contributed by atoms with Crippen LogP contribution in [0, 0.1) is 11.8 Å². The van der Waals surface area contributed by atoms with Crippen LogP contribution in [-0.4, -0.2) is 49.6 Å². The molecule has 0 aromatic heterocycles. The van der Waals surface area contributed by atoms with Crippen molar-refractivity contribution in [3.8, 4) is 0 Å². The lowest BCUT2D eigenvalue weighted by molar-refractivity contribution is -0.117. The van der Waals surface area contributed by atoms with Gasteiger partial charge in [-0.25, -0.2) is 0 Å². The summed E-state index contributed by atoms with van der Waals surface area (Å²) in [7, 11) is 0. The van der Waals surface area contributed by atoms with Gasteiger partial charge in [-0.3, -0.25) is 14.5 Å². The molecule has 2 fully saturated rings. The molecule has 3 unspecified atom stereocenters. The molecule has 2 aliphatic rings. The van der Waals surface area contributed by atoms with Crippen LogP contribution in [0.25, 0.3) is 0 Å². The molecule has 1 saturated carbocycles. The lowest BCUT2D eigenvalue weighted by Crippen LogP contribution is -2.44. The van der Waals surface area contributed by atoms with Gasteiger partial charge in [0, 0.05) is 41.8 Å². The van der Waals surface area contributed by atoms with Crippen molar-refractivity contribution in [2.45, 2.75) is 19.4 Å². The Balaban J connectivity index is 1.39. The van der Waals surface area contributed by atoms with E-state index in [9.17, 15) is 9.59 Å². The van der Waals surface area contributed by atoms with Crippen molar-refractivity contribution in [2.24, 2.45) is 11.8 Å². The van der Waals surface area contributed by atoms with Crippen molar-refractivity contribution in [2.75, 3.05) is 38.2 Å². The summed E-state index contributed by atoms with van der Waals surface area (Å²) < 4.78 is 5.48. The van der Waals surface area contributed by atoms with Crippen molar-refractivity contribution in [3.05, 3.63) is 64.7 Å². The highest BCUT2D eigenvalue weighted by atomic mass is 35.5. The summed E-state index contributed by atoms with van der Waals surface area (Å²) in [5.41, 5.74) is 2.26. The standard InChI is InChI=1S/C24H28ClN3O3/c1-16-14-20(16)24(30)27-18-8-6-17(7-9-18)23(29)26-15-22(28-10-12-31-13-11-28)19-4-2-3-5-21(19)25/h2-9,16,20,22H,10-15H2,1H3,(H,26,29)(H,27,30). The molecule has 0 radical (unpaired) electrons. The van der Waals surface area contributed by atoms with Crippen molar-refractivity contribution in [1.29, 1.82) is 0 Å². The van der Waals surface area contributed by atoms with Crippen LogP contribution in [-0.2, 0) is 9.53 Å². The monoisotopic (exact) mass is 441 g/mol. The summed E-state index contributed by atoms with van der Waals surface area (Å²) in [5, 5.41) is 6.66. The van der Waals surface area contributed by atoms with Gasteiger partial charge in [0.1, 0.15) is 0 Å². The van der Waals surface area contributed by atoms with Gasteiger partial charge in [0.05, 0.1) is 19.3 Å². The number of hydrogen-bond donors (Lipinski definition) is 2. The third-order valence-corrected chi connectivity index (χ3v) is 6.41. The number of anilines is 1. The fourth-order valence-electron chi connectivity index (χ4n) is 3.99. The van der Waals surface area contributed by atoms with Crippen LogP contribution in [0.3, 0.4) is 0 Å². The van der Waals surface area contributed by atoms with E-state index in [1.807, 2.05) is 24.3 Å². The number of nitrogens with zero attached hydrogens (tertiary/aromatic N) is 1. The molecule has 1 aliphatic heterocycles. The molecular formula is C24H28ClN3O3. The lowest BCUT2D eigenvalue weighted by atomic mass is 10.0. The minimum absolute atomic E-state index is 0.0272. The molecule has 4 rings (SSSR count). The van der Waals surface area contributed by atoms with E-state index in [0.29, 0.717) is 41.9 Å². The minimum atomic E-state index is -0.154. The molecule has 1 aliphatic carbocycles. The highest BCUT2D eigenvalue weighted by Crippen LogP contribution is 2.38. The van der Waals surface area contributed by atoms with Crippen molar-refractivity contribution in [1.82, 2.24) is 10.2 Å². The predicted molar refractivity (Wildman–Crippen MR) is 121 cm³/mol. The quantitative estimate of drug-likeness (QED) is 0.686. The number of morpholine rings is 1. The van der Waals surface area contributed by atoms with Gasteiger partial charge in [0.2, 0.25) is 5.91 Å². The van der Waals surface area contributed by atoms with Crippen LogP contribution in [0.2, 0.25) is 5.02 Å². The molecule has 2 N–H and O–H groups in total.